The van der Waals surface area contributed by atoms with Crippen molar-refractivity contribution in [3.8, 4) is 11.6 Å². The van der Waals surface area contributed by atoms with Gasteiger partial charge in [-0.1, -0.05) is 19.4 Å². The number of carbonyl (C=O) groups excluding carboxylic acids is 1. The first-order chi connectivity index (χ1) is 13.1. The first kappa shape index (κ1) is 20.9. The fourth-order valence-corrected chi connectivity index (χ4v) is 2.28. The van der Waals surface area contributed by atoms with Crippen LogP contribution in [0.1, 0.15) is 37.3 Å². The maximum Gasteiger partial charge on any atom is 0.416 e. The number of aromatic nitrogens is 2. The molecule has 0 aliphatic carbocycles. The van der Waals surface area contributed by atoms with E-state index >= 15 is 0 Å². The lowest BCUT2D eigenvalue weighted by molar-refractivity contribution is -0.137. The molecule has 1 aromatic heterocycles. The summed E-state index contributed by atoms with van der Waals surface area (Å²) in [6.45, 7) is 1.89. The molecule has 150 valence electrons. The molecule has 2 rings (SSSR count). The summed E-state index contributed by atoms with van der Waals surface area (Å²) in [6, 6.07) is 3.65. The molecule has 0 spiro atoms. The van der Waals surface area contributed by atoms with Crippen molar-refractivity contribution < 1.29 is 23.1 Å². The van der Waals surface area contributed by atoms with Crippen LogP contribution in [0.2, 0.25) is 0 Å². The van der Waals surface area contributed by atoms with Crippen LogP contribution < -0.4 is 16.7 Å². The minimum atomic E-state index is -4.66. The Morgan fingerprint density at radius 2 is 2.07 bits per heavy atom. The second kappa shape index (κ2) is 8.55. The van der Waals surface area contributed by atoms with Crippen molar-refractivity contribution in [1.29, 1.82) is 0 Å². The summed E-state index contributed by atoms with van der Waals surface area (Å²) in [6.07, 6.45) is -2.22. The maximum absolute atomic E-state index is 12.9. The van der Waals surface area contributed by atoms with Crippen LogP contribution in [0.5, 0.6) is 5.88 Å². The average molecular weight is 398 g/mol. The van der Waals surface area contributed by atoms with Crippen molar-refractivity contribution in [3.63, 3.8) is 0 Å². The van der Waals surface area contributed by atoms with E-state index in [9.17, 15) is 32.7 Å². The average Bonchev–Trinajstić information content (AvgIpc) is 2.62. The number of hydrogen-bond donors (Lipinski definition) is 3. The number of carbonyl (C=O) groups is 1. The van der Waals surface area contributed by atoms with Gasteiger partial charge in [-0.05, 0) is 24.6 Å². The number of amides is 1. The normalized spacial score (nSPS) is 11.7. The van der Waals surface area contributed by atoms with Crippen molar-refractivity contribution >= 4 is 12.1 Å². The van der Waals surface area contributed by atoms with Crippen LogP contribution in [-0.2, 0) is 11.0 Å². The predicted octanol–water partition coefficient (Wildman–Crippen LogP) is 1.89. The third kappa shape index (κ3) is 4.87. The topological polar surface area (TPSA) is 117 Å². The first-order valence-electron chi connectivity index (χ1n) is 8.23. The van der Waals surface area contributed by atoms with Gasteiger partial charge in [-0.25, -0.2) is 14.8 Å². The van der Waals surface area contributed by atoms with Crippen LogP contribution in [0.4, 0.5) is 13.2 Å². The molecule has 28 heavy (non-hydrogen) atoms. The second-order valence-corrected chi connectivity index (χ2v) is 5.78. The van der Waals surface area contributed by atoms with Crippen molar-refractivity contribution in [2.75, 3.05) is 0 Å². The lowest BCUT2D eigenvalue weighted by Gasteiger charge is -2.12. The van der Waals surface area contributed by atoms with Gasteiger partial charge >= 0.3 is 11.9 Å². The SMILES string of the molecule is CCCCC(=O)N/N=C/c1c(O)n(-c2cccc(C(F)(F)F)c2)c(=O)[nH]c1=O. The third-order valence-electron chi connectivity index (χ3n) is 3.69. The van der Waals surface area contributed by atoms with E-state index in [0.717, 1.165) is 30.8 Å². The zero-order valence-electron chi connectivity index (χ0n) is 14.7. The third-order valence-corrected chi connectivity index (χ3v) is 3.69. The van der Waals surface area contributed by atoms with Crippen molar-refractivity contribution in [2.45, 2.75) is 32.4 Å². The zero-order valence-corrected chi connectivity index (χ0v) is 14.7. The monoisotopic (exact) mass is 398 g/mol. The van der Waals surface area contributed by atoms with Crippen molar-refractivity contribution in [1.82, 2.24) is 15.0 Å². The van der Waals surface area contributed by atoms with Crippen LogP contribution in [0.3, 0.4) is 0 Å². The van der Waals surface area contributed by atoms with Gasteiger partial charge in [0.15, 0.2) is 0 Å². The van der Waals surface area contributed by atoms with Gasteiger partial charge in [0.2, 0.25) is 11.8 Å². The molecule has 0 saturated carbocycles. The molecule has 1 amide bonds. The van der Waals surface area contributed by atoms with E-state index in [4.69, 9.17) is 0 Å². The summed E-state index contributed by atoms with van der Waals surface area (Å²) < 4.78 is 39.2. The van der Waals surface area contributed by atoms with Crippen molar-refractivity contribution in [2.24, 2.45) is 5.10 Å². The molecule has 2 aromatic rings. The van der Waals surface area contributed by atoms with E-state index in [0.29, 0.717) is 17.1 Å². The number of hydrazone groups is 1. The number of unbranched alkanes of at least 4 members (excludes halogenated alkanes) is 1. The van der Waals surface area contributed by atoms with E-state index in [1.807, 2.05) is 11.9 Å². The van der Waals surface area contributed by atoms with Crippen LogP contribution in [-0.4, -0.2) is 26.8 Å². The molecule has 0 unspecified atom stereocenters. The fourth-order valence-electron chi connectivity index (χ4n) is 2.28. The lowest BCUT2D eigenvalue weighted by atomic mass is 10.2. The Hall–Kier alpha value is -3.37. The van der Waals surface area contributed by atoms with Gasteiger partial charge in [0, 0.05) is 6.42 Å². The minimum absolute atomic E-state index is 0.208. The zero-order chi connectivity index (χ0) is 20.9. The number of nitrogens with zero attached hydrogens (tertiary/aromatic N) is 2. The van der Waals surface area contributed by atoms with E-state index in [-0.39, 0.29) is 12.1 Å². The van der Waals surface area contributed by atoms with Gasteiger partial charge < -0.3 is 5.11 Å². The number of rotatable bonds is 6. The van der Waals surface area contributed by atoms with Crippen molar-refractivity contribution in [3.05, 3.63) is 56.2 Å². The smallest absolute Gasteiger partial charge is 0.416 e. The molecule has 0 aliphatic heterocycles. The van der Waals surface area contributed by atoms with Crippen LogP contribution in [0.25, 0.3) is 5.69 Å². The summed E-state index contributed by atoms with van der Waals surface area (Å²) in [5, 5.41) is 13.8. The molecule has 3 N–H and O–H groups in total. The molecule has 8 nitrogen and oxygen atoms in total. The number of aromatic amines is 1. The molecule has 0 saturated heterocycles. The van der Waals surface area contributed by atoms with E-state index in [1.165, 1.54) is 0 Å². The van der Waals surface area contributed by atoms with E-state index < -0.39 is 40.3 Å². The Labute approximate surface area is 156 Å². The van der Waals surface area contributed by atoms with Crippen LogP contribution in [0.15, 0.2) is 39.0 Å². The number of aromatic hydroxyl groups is 1. The van der Waals surface area contributed by atoms with Gasteiger partial charge in [0.05, 0.1) is 17.5 Å². The molecule has 0 atom stereocenters. The molecule has 0 fully saturated rings. The lowest BCUT2D eigenvalue weighted by Crippen LogP contribution is -2.31. The van der Waals surface area contributed by atoms with Crippen LogP contribution >= 0.6 is 0 Å². The summed E-state index contributed by atoms with van der Waals surface area (Å²) >= 11 is 0. The Bertz CT molecular complexity index is 1010. The molecule has 11 heteroatoms. The van der Waals surface area contributed by atoms with Gasteiger partial charge in [-0.2, -0.15) is 18.3 Å². The Balaban J connectivity index is 2.44. The Morgan fingerprint density at radius 1 is 1.36 bits per heavy atom. The number of halogens is 3. The largest absolute Gasteiger partial charge is 0.493 e. The standard InChI is InChI=1S/C17H17F3N4O4/c1-2-3-7-13(25)23-21-9-12-14(26)22-16(28)24(15(12)27)11-6-4-5-10(8-11)17(18,19)20/h4-6,8-9,27H,2-3,7H2,1H3,(H,23,25)(H,22,26,28)/b21-9+. The highest BCUT2D eigenvalue weighted by atomic mass is 19.4. The highest BCUT2D eigenvalue weighted by Crippen LogP contribution is 2.30. The van der Waals surface area contributed by atoms with E-state index in [2.05, 4.69) is 10.5 Å². The molecule has 1 heterocycles. The number of hydrogen-bond acceptors (Lipinski definition) is 5. The quantitative estimate of drug-likeness (QED) is 0.509. The summed E-state index contributed by atoms with van der Waals surface area (Å²) in [4.78, 5) is 37.3. The second-order valence-electron chi connectivity index (χ2n) is 5.78. The molecule has 0 bridgehead atoms. The van der Waals surface area contributed by atoms with E-state index in [1.54, 1.807) is 0 Å². The summed E-state index contributed by atoms with van der Waals surface area (Å²) in [5.41, 5.74) is -1.85. The maximum atomic E-state index is 12.9. The minimum Gasteiger partial charge on any atom is -0.493 e. The highest BCUT2D eigenvalue weighted by Gasteiger charge is 2.31. The molecular formula is C17H17F3N4O4. The predicted molar refractivity (Wildman–Crippen MR) is 94.6 cm³/mol. The molecular weight excluding hydrogens is 381 g/mol. The van der Waals surface area contributed by atoms with Gasteiger partial charge in [0.1, 0.15) is 5.56 Å². The summed E-state index contributed by atoms with van der Waals surface area (Å²) in [7, 11) is 0. The number of alkyl halides is 3. The highest BCUT2D eigenvalue weighted by molar-refractivity contribution is 5.84. The number of nitrogens with one attached hydrogen (secondary N) is 2. The van der Waals surface area contributed by atoms with Gasteiger partial charge in [-0.3, -0.25) is 14.6 Å². The Morgan fingerprint density at radius 3 is 2.71 bits per heavy atom. The summed E-state index contributed by atoms with van der Waals surface area (Å²) in [5.74, 6) is -1.33. The fraction of sp³-hybridized carbons (Fsp3) is 0.294. The Kier molecular flexibility index (Phi) is 6.39. The van der Waals surface area contributed by atoms with Gasteiger partial charge in [0.25, 0.3) is 5.56 Å². The van der Waals surface area contributed by atoms with Crippen LogP contribution in [0, 0.1) is 0 Å². The molecule has 0 radical (unpaired) electrons. The molecule has 1 aromatic carbocycles. The molecule has 0 aliphatic rings. The number of benzene rings is 1. The number of H-pyrrole nitrogens is 1. The first-order valence-corrected chi connectivity index (χ1v) is 8.23. The van der Waals surface area contributed by atoms with Gasteiger partial charge in [-0.15, -0.1) is 0 Å².